The first kappa shape index (κ1) is 16.6. The Balaban J connectivity index is 3.24. The van der Waals surface area contributed by atoms with E-state index in [0.29, 0.717) is 6.07 Å². The zero-order chi connectivity index (χ0) is 15.7. The van der Waals surface area contributed by atoms with Crippen LogP contribution in [0.1, 0.15) is 10.4 Å². The first-order valence-electron chi connectivity index (χ1n) is 4.76. The van der Waals surface area contributed by atoms with Crippen LogP contribution in [0.15, 0.2) is 22.7 Å². The van der Waals surface area contributed by atoms with Crippen LogP contribution >= 0.6 is 15.9 Å². The van der Waals surface area contributed by atoms with Crippen LogP contribution in [0.4, 0.5) is 26.3 Å². The number of benzene rings is 1. The van der Waals surface area contributed by atoms with Crippen molar-refractivity contribution in [1.82, 2.24) is 0 Å². The van der Waals surface area contributed by atoms with E-state index in [1.807, 2.05) is 0 Å². The smallest absolute Gasteiger partial charge is 0.434 e. The molecule has 0 spiro atoms. The molecule has 0 aromatic heterocycles. The summed E-state index contributed by atoms with van der Waals surface area (Å²) >= 11 is 2.80. The molecule has 0 radical (unpaired) electrons. The minimum atomic E-state index is -5.73. The highest BCUT2D eigenvalue weighted by Gasteiger charge is 2.59. The molecule has 0 aliphatic rings. The quantitative estimate of drug-likeness (QED) is 0.822. The molecule has 1 aromatic carbocycles. The van der Waals surface area contributed by atoms with Crippen LogP contribution in [-0.4, -0.2) is 29.5 Å². The number of halogens is 7. The van der Waals surface area contributed by atoms with Gasteiger partial charge < -0.3 is 9.84 Å². The first-order chi connectivity index (χ1) is 8.93. The second-order valence-electron chi connectivity index (χ2n) is 3.53. The molecule has 0 saturated carbocycles. The van der Waals surface area contributed by atoms with E-state index in [0.717, 1.165) is 12.1 Å². The molecule has 0 heterocycles. The maximum Gasteiger partial charge on any atom is 0.434 e. The highest BCUT2D eigenvalue weighted by Crippen LogP contribution is 2.37. The number of carboxylic acid groups (broad SMARTS) is 1. The van der Waals surface area contributed by atoms with Crippen molar-refractivity contribution in [3.63, 3.8) is 0 Å². The maximum atomic E-state index is 12.3. The van der Waals surface area contributed by atoms with E-state index in [2.05, 4.69) is 20.7 Å². The van der Waals surface area contributed by atoms with Gasteiger partial charge in [0.1, 0.15) is 11.3 Å². The van der Waals surface area contributed by atoms with Crippen LogP contribution in [-0.2, 0) is 0 Å². The van der Waals surface area contributed by atoms with Gasteiger partial charge in [0.2, 0.25) is 0 Å². The van der Waals surface area contributed by atoms with Crippen molar-refractivity contribution in [3.8, 4) is 5.75 Å². The monoisotopic (exact) mass is 366 g/mol. The predicted octanol–water partition coefficient (Wildman–Crippen LogP) is 4.02. The van der Waals surface area contributed by atoms with E-state index < -0.39 is 35.7 Å². The van der Waals surface area contributed by atoms with E-state index in [-0.39, 0.29) is 4.47 Å². The lowest BCUT2D eigenvalue weighted by molar-refractivity contribution is -0.300. The molecule has 10 heteroatoms. The summed E-state index contributed by atoms with van der Waals surface area (Å²) in [5.41, 5.74) is -0.813. The molecular weight excluding hydrogens is 362 g/mol. The highest BCUT2D eigenvalue weighted by atomic mass is 79.9. The third-order valence-electron chi connectivity index (χ3n) is 2.01. The van der Waals surface area contributed by atoms with E-state index in [4.69, 9.17) is 5.11 Å². The maximum absolute atomic E-state index is 12.3. The zero-order valence-electron chi connectivity index (χ0n) is 9.22. The first-order valence-corrected chi connectivity index (χ1v) is 5.55. The summed E-state index contributed by atoms with van der Waals surface area (Å²) < 4.78 is 77.9. The van der Waals surface area contributed by atoms with Crippen LogP contribution < -0.4 is 4.74 Å². The lowest BCUT2D eigenvalue weighted by Crippen LogP contribution is -2.46. The number of hydrogen-bond acceptors (Lipinski definition) is 2. The molecule has 0 atom stereocenters. The second kappa shape index (κ2) is 5.51. The second-order valence-corrected chi connectivity index (χ2v) is 4.44. The Morgan fingerprint density at radius 1 is 1.15 bits per heavy atom. The summed E-state index contributed by atoms with van der Waals surface area (Å²) in [6.45, 7) is 0. The molecule has 0 fully saturated rings. The van der Waals surface area contributed by atoms with E-state index in [9.17, 15) is 31.1 Å². The van der Waals surface area contributed by atoms with Crippen LogP contribution in [0.25, 0.3) is 0 Å². The molecule has 0 saturated heterocycles. The fourth-order valence-electron chi connectivity index (χ4n) is 1.22. The highest BCUT2D eigenvalue weighted by molar-refractivity contribution is 9.10. The molecule has 1 aromatic rings. The van der Waals surface area contributed by atoms with Gasteiger partial charge in [-0.2, -0.15) is 26.3 Å². The van der Waals surface area contributed by atoms with E-state index in [1.54, 1.807) is 0 Å². The van der Waals surface area contributed by atoms with Gasteiger partial charge in [-0.25, -0.2) is 4.79 Å². The molecule has 0 unspecified atom stereocenters. The van der Waals surface area contributed by atoms with Gasteiger partial charge in [0.15, 0.2) is 0 Å². The number of alkyl halides is 6. The molecule has 112 valence electrons. The molecule has 3 nitrogen and oxygen atoms in total. The summed E-state index contributed by atoms with van der Waals surface area (Å²) in [6, 6.07) is 2.69. The van der Waals surface area contributed by atoms with Gasteiger partial charge in [0, 0.05) is 4.47 Å². The van der Waals surface area contributed by atoms with Crippen molar-refractivity contribution in [3.05, 3.63) is 28.2 Å². The number of ether oxygens (including phenoxy) is 1. The number of rotatable bonds is 3. The van der Waals surface area contributed by atoms with Crippen molar-refractivity contribution in [2.24, 2.45) is 0 Å². The largest absolute Gasteiger partial charge is 0.478 e. The SMILES string of the molecule is O=C(O)c1ccc(Br)cc1OC(C(F)(F)F)C(F)(F)F. The van der Waals surface area contributed by atoms with Crippen LogP contribution in [0.3, 0.4) is 0 Å². The predicted molar refractivity (Wildman–Crippen MR) is 57.6 cm³/mol. The van der Waals surface area contributed by atoms with Crippen LogP contribution in [0, 0.1) is 0 Å². The summed E-state index contributed by atoms with van der Waals surface area (Å²) in [7, 11) is 0. The van der Waals surface area contributed by atoms with Crippen LogP contribution in [0.5, 0.6) is 5.75 Å². The summed E-state index contributed by atoms with van der Waals surface area (Å²) in [5.74, 6) is -2.75. The summed E-state index contributed by atoms with van der Waals surface area (Å²) in [5, 5.41) is 8.72. The Labute approximate surface area is 116 Å². The molecule has 0 amide bonds. The Morgan fingerprint density at radius 3 is 2.05 bits per heavy atom. The van der Waals surface area contributed by atoms with E-state index in [1.165, 1.54) is 0 Å². The minimum absolute atomic E-state index is 0.0700. The van der Waals surface area contributed by atoms with Gasteiger partial charge in [-0.1, -0.05) is 15.9 Å². The van der Waals surface area contributed by atoms with Gasteiger partial charge >= 0.3 is 18.3 Å². The average Bonchev–Trinajstić information content (AvgIpc) is 2.22. The molecule has 1 N–H and O–H groups in total. The normalized spacial score (nSPS) is 12.6. The van der Waals surface area contributed by atoms with Crippen molar-refractivity contribution in [2.75, 3.05) is 0 Å². The Morgan fingerprint density at radius 2 is 1.65 bits per heavy atom. The summed E-state index contributed by atoms with van der Waals surface area (Å²) in [6.07, 6.45) is -15.6. The van der Waals surface area contributed by atoms with E-state index >= 15 is 0 Å². The fraction of sp³-hybridized carbons (Fsp3) is 0.300. The Bertz CT molecular complexity index is 497. The number of carboxylic acids is 1. The van der Waals surface area contributed by atoms with Gasteiger partial charge in [0.25, 0.3) is 6.10 Å². The average molecular weight is 367 g/mol. The van der Waals surface area contributed by atoms with Crippen molar-refractivity contribution in [1.29, 1.82) is 0 Å². The van der Waals surface area contributed by atoms with Gasteiger partial charge in [-0.05, 0) is 18.2 Å². The number of carbonyl (C=O) groups is 1. The summed E-state index contributed by atoms with van der Waals surface area (Å²) in [4.78, 5) is 10.8. The van der Waals surface area contributed by atoms with Crippen molar-refractivity contribution >= 4 is 21.9 Å². The minimum Gasteiger partial charge on any atom is -0.478 e. The van der Waals surface area contributed by atoms with Crippen molar-refractivity contribution in [2.45, 2.75) is 18.5 Å². The number of hydrogen-bond donors (Lipinski definition) is 1. The number of aromatic carboxylic acids is 1. The lowest BCUT2D eigenvalue weighted by atomic mass is 10.2. The third kappa shape index (κ3) is 4.02. The molecule has 0 aliphatic heterocycles. The topological polar surface area (TPSA) is 46.5 Å². The standard InChI is InChI=1S/C10H5BrF6O3/c11-4-1-2-5(7(18)19)6(3-4)20-8(9(12,13)14)10(15,16)17/h1-3,8H,(H,18,19). The van der Waals surface area contributed by atoms with Crippen LogP contribution in [0.2, 0.25) is 0 Å². The fourth-order valence-corrected chi connectivity index (χ4v) is 1.56. The molecule has 0 bridgehead atoms. The molecular formula is C10H5BrF6O3. The van der Waals surface area contributed by atoms with Gasteiger partial charge in [-0.3, -0.25) is 0 Å². The Hall–Kier alpha value is -1.45. The zero-order valence-corrected chi connectivity index (χ0v) is 10.8. The molecule has 1 rings (SSSR count). The Kier molecular flexibility index (Phi) is 4.57. The van der Waals surface area contributed by atoms with Gasteiger partial charge in [-0.15, -0.1) is 0 Å². The molecule has 20 heavy (non-hydrogen) atoms. The third-order valence-corrected chi connectivity index (χ3v) is 2.51. The van der Waals surface area contributed by atoms with Crippen molar-refractivity contribution < 1.29 is 41.0 Å². The lowest BCUT2D eigenvalue weighted by Gasteiger charge is -2.24. The molecule has 0 aliphatic carbocycles. The van der Waals surface area contributed by atoms with Gasteiger partial charge in [0.05, 0.1) is 0 Å².